The molecule has 9 nitrogen and oxygen atoms in total. The van der Waals surface area contributed by atoms with Gasteiger partial charge in [0.25, 0.3) is 5.91 Å². The molecule has 0 unspecified atom stereocenters. The summed E-state index contributed by atoms with van der Waals surface area (Å²) in [5, 5.41) is 0.274. The molecule has 2 saturated heterocycles. The molecule has 2 fully saturated rings. The van der Waals surface area contributed by atoms with E-state index in [1.165, 1.54) is 0 Å². The van der Waals surface area contributed by atoms with Crippen molar-refractivity contribution in [3.8, 4) is 5.75 Å². The number of hydrogen-bond acceptors (Lipinski definition) is 7. The summed E-state index contributed by atoms with van der Waals surface area (Å²) in [4.78, 5) is 36.0. The summed E-state index contributed by atoms with van der Waals surface area (Å²) < 4.78 is 17.2. The topological polar surface area (TPSA) is 84.4 Å². The summed E-state index contributed by atoms with van der Waals surface area (Å²) in [7, 11) is 0. The van der Waals surface area contributed by atoms with Gasteiger partial charge in [0.1, 0.15) is 34.5 Å². The van der Waals surface area contributed by atoms with Gasteiger partial charge < -0.3 is 28.9 Å². The van der Waals surface area contributed by atoms with Crippen LogP contribution in [0.1, 0.15) is 38.1 Å². The highest BCUT2D eigenvalue weighted by atomic mass is 35.5. The Hall–Kier alpha value is -2.26. The molecule has 4 rings (SSSR count). The molecule has 2 atom stereocenters. The maximum absolute atomic E-state index is 13.6. The first-order valence-electron chi connectivity index (χ1n) is 10.6. The number of piperazine rings is 1. The minimum absolute atomic E-state index is 0.0251. The fraction of sp³-hybridized carbons (Fsp3) is 0.667. The first-order valence-corrected chi connectivity index (χ1v) is 11.0. The van der Waals surface area contributed by atoms with E-state index in [2.05, 4.69) is 4.98 Å². The molecule has 0 aliphatic carbocycles. The molecule has 1 aromatic heterocycles. The van der Waals surface area contributed by atoms with E-state index in [1.54, 1.807) is 15.9 Å². The number of carbonyl (C=O) groups is 2. The van der Waals surface area contributed by atoms with Crippen molar-refractivity contribution in [3.63, 3.8) is 0 Å². The third kappa shape index (κ3) is 4.67. The zero-order chi connectivity index (χ0) is 22.3. The van der Waals surface area contributed by atoms with Crippen molar-refractivity contribution >= 4 is 29.4 Å². The molecule has 0 saturated carbocycles. The van der Waals surface area contributed by atoms with Crippen molar-refractivity contribution in [1.29, 1.82) is 0 Å². The van der Waals surface area contributed by atoms with E-state index in [9.17, 15) is 9.59 Å². The van der Waals surface area contributed by atoms with E-state index >= 15 is 0 Å². The van der Waals surface area contributed by atoms with Crippen molar-refractivity contribution in [1.82, 2.24) is 14.8 Å². The second-order valence-corrected chi connectivity index (χ2v) is 9.55. The number of rotatable bonds is 1. The van der Waals surface area contributed by atoms with Crippen molar-refractivity contribution in [2.75, 3.05) is 50.8 Å². The Labute approximate surface area is 187 Å². The zero-order valence-corrected chi connectivity index (χ0v) is 19.1. The van der Waals surface area contributed by atoms with Crippen molar-refractivity contribution in [3.05, 3.63) is 16.8 Å². The fourth-order valence-corrected chi connectivity index (χ4v) is 4.30. The minimum Gasteiger partial charge on any atom is -0.490 e. The van der Waals surface area contributed by atoms with E-state index in [0.717, 1.165) is 0 Å². The van der Waals surface area contributed by atoms with Gasteiger partial charge in [0.2, 0.25) is 0 Å². The number of amides is 2. The maximum atomic E-state index is 13.6. The molecule has 0 spiro atoms. The highest BCUT2D eigenvalue weighted by Gasteiger charge is 2.40. The summed E-state index contributed by atoms with van der Waals surface area (Å²) >= 11 is 6.27. The van der Waals surface area contributed by atoms with Gasteiger partial charge in [0.15, 0.2) is 0 Å². The summed E-state index contributed by atoms with van der Waals surface area (Å²) in [6.07, 6.45) is -0.355. The molecule has 1 aromatic rings. The predicted octanol–water partition coefficient (Wildman–Crippen LogP) is 2.41. The SMILES string of the molecule is C[C@@H]1CN(c2nc(Cl)cc3c2C(=O)N2CCN(C(=O)OC(C)(C)C)C[C@@H]2CO3)CCO1. The van der Waals surface area contributed by atoms with Crippen LogP contribution in [-0.4, -0.2) is 90.5 Å². The number of carbonyl (C=O) groups excluding carboxylic acids is 2. The molecule has 2 amide bonds. The maximum Gasteiger partial charge on any atom is 0.410 e. The third-order valence-electron chi connectivity index (χ3n) is 5.51. The number of pyridine rings is 1. The van der Waals surface area contributed by atoms with Crippen LogP contribution in [0.2, 0.25) is 5.15 Å². The molecule has 3 aliphatic rings. The Morgan fingerprint density at radius 3 is 2.74 bits per heavy atom. The standard InChI is InChI=1S/C21H29ClN4O5/c1-13-10-24(7-8-29-13)18-17-15(9-16(22)23-18)30-12-14-11-25(5-6-26(14)19(17)27)20(28)31-21(2,3)4/h9,13-14H,5-8,10-12H2,1-4H3/t13-,14-/m1/s1. The van der Waals surface area contributed by atoms with Crippen LogP contribution in [0.3, 0.4) is 0 Å². The van der Waals surface area contributed by atoms with Gasteiger partial charge in [-0.05, 0) is 27.7 Å². The lowest BCUT2D eigenvalue weighted by Crippen LogP contribution is -2.58. The van der Waals surface area contributed by atoms with Crippen LogP contribution in [0.5, 0.6) is 5.75 Å². The van der Waals surface area contributed by atoms with E-state index in [4.69, 9.17) is 25.8 Å². The average Bonchev–Trinajstić information content (AvgIpc) is 2.82. The van der Waals surface area contributed by atoms with Gasteiger partial charge in [-0.2, -0.15) is 0 Å². The van der Waals surface area contributed by atoms with Gasteiger partial charge in [-0.25, -0.2) is 9.78 Å². The monoisotopic (exact) mass is 452 g/mol. The smallest absolute Gasteiger partial charge is 0.410 e. The number of anilines is 1. The molecule has 4 heterocycles. The fourth-order valence-electron chi connectivity index (χ4n) is 4.12. The van der Waals surface area contributed by atoms with Crippen LogP contribution in [0.15, 0.2) is 6.07 Å². The Kier molecular flexibility index (Phi) is 5.91. The van der Waals surface area contributed by atoms with Crippen LogP contribution in [0, 0.1) is 0 Å². The number of halogens is 1. The molecule has 3 aliphatic heterocycles. The van der Waals surface area contributed by atoms with Gasteiger partial charge in [-0.1, -0.05) is 11.6 Å². The number of fused-ring (bicyclic) bond motifs is 2. The third-order valence-corrected chi connectivity index (χ3v) is 5.71. The van der Waals surface area contributed by atoms with Crippen molar-refractivity contribution in [2.24, 2.45) is 0 Å². The first kappa shape index (κ1) is 22.0. The normalized spacial score (nSPS) is 24.2. The lowest BCUT2D eigenvalue weighted by atomic mass is 10.1. The molecule has 0 radical (unpaired) electrons. The molecular formula is C21H29ClN4O5. The number of morpholine rings is 1. The van der Waals surface area contributed by atoms with E-state index in [-0.39, 0.29) is 35.9 Å². The van der Waals surface area contributed by atoms with Gasteiger partial charge >= 0.3 is 6.09 Å². The molecule has 10 heteroatoms. The Morgan fingerprint density at radius 1 is 1.26 bits per heavy atom. The van der Waals surface area contributed by atoms with Gasteiger partial charge in [-0.3, -0.25) is 4.79 Å². The minimum atomic E-state index is -0.577. The van der Waals surface area contributed by atoms with Gasteiger partial charge in [-0.15, -0.1) is 0 Å². The highest BCUT2D eigenvalue weighted by molar-refractivity contribution is 6.30. The Balaban J connectivity index is 1.59. The zero-order valence-electron chi connectivity index (χ0n) is 18.4. The van der Waals surface area contributed by atoms with Crippen LogP contribution in [-0.2, 0) is 9.47 Å². The largest absolute Gasteiger partial charge is 0.490 e. The summed E-state index contributed by atoms with van der Waals surface area (Å²) in [6.45, 7) is 10.7. The quantitative estimate of drug-likeness (QED) is 0.605. The van der Waals surface area contributed by atoms with E-state index in [0.29, 0.717) is 56.5 Å². The second-order valence-electron chi connectivity index (χ2n) is 9.16. The molecule has 170 valence electrons. The van der Waals surface area contributed by atoms with Gasteiger partial charge in [0, 0.05) is 38.8 Å². The molecular weight excluding hydrogens is 424 g/mol. The number of hydrogen-bond donors (Lipinski definition) is 0. The Bertz CT molecular complexity index is 874. The predicted molar refractivity (Wildman–Crippen MR) is 115 cm³/mol. The first-order chi connectivity index (χ1) is 14.6. The van der Waals surface area contributed by atoms with Crippen LogP contribution < -0.4 is 9.64 Å². The lowest BCUT2D eigenvalue weighted by molar-refractivity contribution is 0.000951. The van der Waals surface area contributed by atoms with Crippen LogP contribution >= 0.6 is 11.6 Å². The molecule has 0 N–H and O–H groups in total. The second kappa shape index (κ2) is 8.35. The number of aromatic nitrogens is 1. The molecule has 0 aromatic carbocycles. The van der Waals surface area contributed by atoms with E-state index in [1.807, 2.05) is 32.6 Å². The van der Waals surface area contributed by atoms with Crippen LogP contribution in [0.4, 0.5) is 10.6 Å². The number of ether oxygens (including phenoxy) is 3. The molecule has 31 heavy (non-hydrogen) atoms. The lowest BCUT2D eigenvalue weighted by Gasteiger charge is -2.40. The Morgan fingerprint density at radius 2 is 2.03 bits per heavy atom. The van der Waals surface area contributed by atoms with Crippen molar-refractivity contribution < 1.29 is 23.8 Å². The van der Waals surface area contributed by atoms with Crippen molar-refractivity contribution in [2.45, 2.75) is 45.4 Å². The van der Waals surface area contributed by atoms with Crippen LogP contribution in [0.25, 0.3) is 0 Å². The summed E-state index contributed by atoms with van der Waals surface area (Å²) in [6, 6.07) is 1.31. The van der Waals surface area contributed by atoms with Gasteiger partial charge in [0.05, 0.1) is 18.8 Å². The van der Waals surface area contributed by atoms with E-state index < -0.39 is 5.60 Å². The average molecular weight is 453 g/mol. The summed E-state index contributed by atoms with van der Waals surface area (Å²) in [5.74, 6) is 0.801. The molecule has 0 bridgehead atoms. The number of nitrogens with zero attached hydrogens (tertiary/aromatic N) is 4. The highest BCUT2D eigenvalue weighted by Crippen LogP contribution is 2.36. The summed E-state index contributed by atoms with van der Waals surface area (Å²) in [5.41, 5.74) is -0.154.